The van der Waals surface area contributed by atoms with Crippen LogP contribution in [0.5, 0.6) is 0 Å². The van der Waals surface area contributed by atoms with E-state index in [1.54, 1.807) is 22.3 Å². The highest BCUT2D eigenvalue weighted by Gasteiger charge is 2.66. The lowest BCUT2D eigenvalue weighted by Gasteiger charge is -2.21. The molecule has 0 aromatic carbocycles. The number of likely N-dealkylation sites (tertiary alicyclic amines) is 1. The zero-order valence-corrected chi connectivity index (χ0v) is 11.4. The number of carboxylic acids is 1. The first kappa shape index (κ1) is 12.1. The molecule has 20 heavy (non-hydrogen) atoms. The van der Waals surface area contributed by atoms with Gasteiger partial charge in [-0.05, 0) is 11.4 Å². The molecule has 0 aliphatic carbocycles. The molecule has 2 fully saturated rings. The molecule has 2 saturated heterocycles. The first-order valence-electron chi connectivity index (χ1n) is 6.52. The van der Waals surface area contributed by atoms with Crippen molar-refractivity contribution in [1.29, 1.82) is 0 Å². The summed E-state index contributed by atoms with van der Waals surface area (Å²) in [5.74, 6) is -2.37. The molecule has 3 aliphatic rings. The lowest BCUT2D eigenvalue weighted by molar-refractivity contribution is -0.148. The Morgan fingerprint density at radius 3 is 3.15 bits per heavy atom. The van der Waals surface area contributed by atoms with Crippen LogP contribution >= 0.6 is 11.3 Å². The number of fused-ring (bicyclic) bond motifs is 1. The van der Waals surface area contributed by atoms with Crippen LogP contribution in [-0.4, -0.2) is 40.1 Å². The van der Waals surface area contributed by atoms with Crippen molar-refractivity contribution in [3.63, 3.8) is 0 Å². The number of carboxylic acid groups (broad SMARTS) is 1. The molecule has 104 valence electrons. The molecule has 2 bridgehead atoms. The second kappa shape index (κ2) is 3.93. The molecular formula is C14H13NO4S. The van der Waals surface area contributed by atoms with E-state index in [1.807, 2.05) is 23.6 Å². The van der Waals surface area contributed by atoms with Crippen LogP contribution in [0.25, 0.3) is 0 Å². The minimum absolute atomic E-state index is 0.0994. The molecule has 1 N–H and O–H groups in total. The molecule has 1 unspecified atom stereocenters. The average Bonchev–Trinajstić information content (AvgIpc) is 3.12. The molecule has 4 atom stereocenters. The molecule has 3 aliphatic heterocycles. The van der Waals surface area contributed by atoms with Crippen molar-refractivity contribution in [2.75, 3.05) is 6.54 Å². The Morgan fingerprint density at radius 2 is 2.45 bits per heavy atom. The van der Waals surface area contributed by atoms with Crippen LogP contribution in [0.15, 0.2) is 29.7 Å². The largest absolute Gasteiger partial charge is 0.481 e. The summed E-state index contributed by atoms with van der Waals surface area (Å²) in [7, 11) is 0. The summed E-state index contributed by atoms with van der Waals surface area (Å²) >= 11 is 1.59. The van der Waals surface area contributed by atoms with E-state index in [-0.39, 0.29) is 5.91 Å². The molecule has 5 nitrogen and oxygen atoms in total. The summed E-state index contributed by atoms with van der Waals surface area (Å²) in [5, 5.41) is 11.3. The number of carbonyl (C=O) groups excluding carboxylic acids is 1. The van der Waals surface area contributed by atoms with Crippen LogP contribution in [-0.2, 0) is 20.9 Å². The summed E-state index contributed by atoms with van der Waals surface area (Å²) in [6.07, 6.45) is 3.22. The topological polar surface area (TPSA) is 66.8 Å². The molecule has 1 amide bonds. The van der Waals surface area contributed by atoms with Crippen LogP contribution in [0, 0.1) is 11.8 Å². The Hall–Kier alpha value is -1.66. The van der Waals surface area contributed by atoms with Crippen molar-refractivity contribution in [3.8, 4) is 0 Å². The zero-order valence-electron chi connectivity index (χ0n) is 10.6. The van der Waals surface area contributed by atoms with Crippen LogP contribution in [0.1, 0.15) is 4.88 Å². The normalized spacial score (nSPS) is 37.7. The van der Waals surface area contributed by atoms with E-state index in [1.165, 1.54) is 0 Å². The van der Waals surface area contributed by atoms with Crippen molar-refractivity contribution >= 4 is 23.2 Å². The van der Waals surface area contributed by atoms with Gasteiger partial charge in [-0.25, -0.2) is 0 Å². The first-order valence-corrected chi connectivity index (χ1v) is 7.40. The summed E-state index contributed by atoms with van der Waals surface area (Å²) in [6.45, 7) is 0.980. The van der Waals surface area contributed by atoms with Gasteiger partial charge in [0, 0.05) is 4.88 Å². The van der Waals surface area contributed by atoms with Gasteiger partial charge >= 0.3 is 5.97 Å². The van der Waals surface area contributed by atoms with Gasteiger partial charge in [0.05, 0.1) is 25.1 Å². The highest BCUT2D eigenvalue weighted by molar-refractivity contribution is 7.09. The van der Waals surface area contributed by atoms with E-state index in [0.717, 1.165) is 4.88 Å². The highest BCUT2D eigenvalue weighted by atomic mass is 32.1. The number of amides is 1. The van der Waals surface area contributed by atoms with Gasteiger partial charge in [-0.2, -0.15) is 0 Å². The number of hydrogen-bond donors (Lipinski definition) is 1. The highest BCUT2D eigenvalue weighted by Crippen LogP contribution is 2.52. The summed E-state index contributed by atoms with van der Waals surface area (Å²) in [5.41, 5.74) is -0.720. The average molecular weight is 291 g/mol. The fourth-order valence-corrected chi connectivity index (χ4v) is 4.30. The maximum absolute atomic E-state index is 12.6. The summed E-state index contributed by atoms with van der Waals surface area (Å²) in [4.78, 5) is 26.8. The van der Waals surface area contributed by atoms with Crippen molar-refractivity contribution < 1.29 is 19.4 Å². The zero-order chi connectivity index (χ0) is 13.9. The van der Waals surface area contributed by atoms with Gasteiger partial charge in [0.1, 0.15) is 11.5 Å². The van der Waals surface area contributed by atoms with Crippen LogP contribution in [0.3, 0.4) is 0 Å². The summed E-state index contributed by atoms with van der Waals surface area (Å²) < 4.78 is 5.83. The Balaban J connectivity index is 1.65. The Labute approximate surface area is 119 Å². The fourth-order valence-electron chi connectivity index (χ4n) is 3.58. The van der Waals surface area contributed by atoms with E-state index in [2.05, 4.69) is 0 Å². The SMILES string of the molecule is O=C(O)C1[C@H]2C(=O)N(Cc3cccs3)C[C@]23C=C[C@H]1O3. The summed E-state index contributed by atoms with van der Waals surface area (Å²) in [6, 6.07) is 3.92. The lowest BCUT2D eigenvalue weighted by Crippen LogP contribution is -2.39. The van der Waals surface area contributed by atoms with E-state index < -0.39 is 29.5 Å². The number of rotatable bonds is 3. The standard InChI is InChI=1S/C14H13NO4S/c16-12-11-10(13(17)18)9-3-4-14(11,19-9)7-15(12)6-8-2-1-5-20-8/h1-5,9-11H,6-7H2,(H,17,18)/t9-,10?,11+,14-/m1/s1. The number of thiophene rings is 1. The van der Waals surface area contributed by atoms with Crippen molar-refractivity contribution in [3.05, 3.63) is 34.5 Å². The third-order valence-corrected chi connectivity index (χ3v) is 5.25. The van der Waals surface area contributed by atoms with Gasteiger partial charge in [0.15, 0.2) is 0 Å². The van der Waals surface area contributed by atoms with E-state index in [4.69, 9.17) is 4.74 Å². The van der Waals surface area contributed by atoms with Crippen molar-refractivity contribution in [2.45, 2.75) is 18.2 Å². The van der Waals surface area contributed by atoms with E-state index >= 15 is 0 Å². The first-order chi connectivity index (χ1) is 9.61. The van der Waals surface area contributed by atoms with Crippen molar-refractivity contribution in [2.24, 2.45) is 11.8 Å². The molecule has 4 rings (SSSR count). The third-order valence-electron chi connectivity index (χ3n) is 4.39. The Bertz CT molecular complexity index is 611. The van der Waals surface area contributed by atoms with Crippen LogP contribution in [0.4, 0.5) is 0 Å². The van der Waals surface area contributed by atoms with Gasteiger partial charge in [-0.1, -0.05) is 18.2 Å². The predicted molar refractivity (Wildman–Crippen MR) is 71.1 cm³/mol. The lowest BCUT2D eigenvalue weighted by atomic mass is 9.77. The number of aliphatic carboxylic acids is 1. The van der Waals surface area contributed by atoms with E-state index in [9.17, 15) is 14.7 Å². The molecule has 1 spiro atoms. The maximum Gasteiger partial charge on any atom is 0.310 e. The van der Waals surface area contributed by atoms with Crippen LogP contribution in [0.2, 0.25) is 0 Å². The fraction of sp³-hybridized carbons (Fsp3) is 0.429. The maximum atomic E-state index is 12.6. The Kier molecular flexibility index (Phi) is 2.38. The van der Waals surface area contributed by atoms with Gasteiger partial charge in [-0.3, -0.25) is 9.59 Å². The predicted octanol–water partition coefficient (Wildman–Crippen LogP) is 1.11. The number of ether oxygens (including phenoxy) is 1. The van der Waals surface area contributed by atoms with Crippen LogP contribution < -0.4 is 0 Å². The number of carbonyl (C=O) groups is 2. The quantitative estimate of drug-likeness (QED) is 0.847. The van der Waals surface area contributed by atoms with Gasteiger partial charge in [0.2, 0.25) is 5.91 Å². The second-order valence-corrected chi connectivity index (χ2v) is 6.54. The minimum Gasteiger partial charge on any atom is -0.481 e. The van der Waals surface area contributed by atoms with E-state index in [0.29, 0.717) is 13.1 Å². The molecule has 4 heterocycles. The van der Waals surface area contributed by atoms with Gasteiger partial charge < -0.3 is 14.7 Å². The molecule has 0 radical (unpaired) electrons. The van der Waals surface area contributed by atoms with Crippen molar-refractivity contribution in [1.82, 2.24) is 4.90 Å². The molecule has 1 aromatic heterocycles. The molecule has 0 saturated carbocycles. The number of nitrogens with zero attached hydrogens (tertiary/aromatic N) is 1. The molecule has 6 heteroatoms. The Morgan fingerprint density at radius 1 is 1.60 bits per heavy atom. The molecular weight excluding hydrogens is 278 g/mol. The second-order valence-electron chi connectivity index (χ2n) is 5.51. The van der Waals surface area contributed by atoms with Gasteiger partial charge in [-0.15, -0.1) is 11.3 Å². The van der Waals surface area contributed by atoms with Gasteiger partial charge in [0.25, 0.3) is 0 Å². The monoisotopic (exact) mass is 291 g/mol. The smallest absolute Gasteiger partial charge is 0.310 e. The molecule has 1 aromatic rings. The number of hydrogen-bond acceptors (Lipinski definition) is 4. The third kappa shape index (κ3) is 1.46. The minimum atomic E-state index is -0.947.